The molecule has 21 heavy (non-hydrogen) atoms. The maximum Gasteiger partial charge on any atom is 0.202 e. The fourth-order valence-corrected chi connectivity index (χ4v) is 3.31. The average molecular weight is 307 g/mol. The van der Waals surface area contributed by atoms with Crippen LogP contribution in [-0.4, -0.2) is 32.3 Å². The molecular weight excluding hydrogens is 286 g/mol. The molecule has 1 saturated heterocycles. The predicted octanol–water partition coefficient (Wildman–Crippen LogP) is 2.58. The lowest BCUT2D eigenvalue weighted by Gasteiger charge is -2.18. The second-order valence-corrected chi connectivity index (χ2v) is 6.47. The van der Waals surface area contributed by atoms with Gasteiger partial charge in [0, 0.05) is 49.8 Å². The van der Waals surface area contributed by atoms with Crippen LogP contribution in [-0.2, 0) is 11.8 Å². The first-order valence-electron chi connectivity index (χ1n) is 7.32. The second-order valence-electron chi connectivity index (χ2n) is 5.71. The lowest BCUT2D eigenvalue weighted by molar-refractivity contribution is 0.0866. The van der Waals surface area contributed by atoms with Crippen LogP contribution in [0.5, 0.6) is 0 Å². The summed E-state index contributed by atoms with van der Waals surface area (Å²) in [7, 11) is 1.96. The van der Waals surface area contributed by atoms with Gasteiger partial charge in [-0.25, -0.2) is 4.98 Å². The second kappa shape index (κ2) is 6.11. The van der Waals surface area contributed by atoms with E-state index in [1.165, 1.54) is 11.5 Å². The van der Waals surface area contributed by atoms with Crippen LogP contribution in [0.1, 0.15) is 43.8 Å². The van der Waals surface area contributed by atoms with E-state index >= 15 is 0 Å². The summed E-state index contributed by atoms with van der Waals surface area (Å²) >= 11 is 1.43. The van der Waals surface area contributed by atoms with Gasteiger partial charge in [0.25, 0.3) is 0 Å². The van der Waals surface area contributed by atoms with Crippen LogP contribution in [0.3, 0.4) is 0 Å². The Balaban J connectivity index is 1.62. The molecule has 0 aromatic carbocycles. The molecule has 0 saturated carbocycles. The van der Waals surface area contributed by atoms with E-state index in [1.807, 2.05) is 24.0 Å². The molecule has 0 aliphatic carbocycles. The highest BCUT2D eigenvalue weighted by Crippen LogP contribution is 2.34. The summed E-state index contributed by atoms with van der Waals surface area (Å²) in [5.41, 5.74) is 1.14. The van der Waals surface area contributed by atoms with E-state index in [0.29, 0.717) is 11.8 Å². The van der Waals surface area contributed by atoms with Gasteiger partial charge in [0.1, 0.15) is 11.9 Å². The monoisotopic (exact) mass is 307 g/mol. The van der Waals surface area contributed by atoms with Crippen LogP contribution >= 0.6 is 11.5 Å². The summed E-state index contributed by atoms with van der Waals surface area (Å²) < 4.78 is 12.1. The molecule has 1 aliphatic heterocycles. The molecule has 2 aromatic rings. The van der Waals surface area contributed by atoms with Crippen LogP contribution in [0.25, 0.3) is 0 Å². The first kappa shape index (κ1) is 14.5. The first-order valence-corrected chi connectivity index (χ1v) is 8.09. The summed E-state index contributed by atoms with van der Waals surface area (Å²) in [6, 6.07) is 2.03. The number of ether oxygens (including phenoxy) is 1. The van der Waals surface area contributed by atoms with Crippen molar-refractivity contribution in [3.63, 3.8) is 0 Å². The molecule has 0 unspecified atom stereocenters. The molecule has 0 spiro atoms. The van der Waals surface area contributed by atoms with Crippen LogP contribution in [0.15, 0.2) is 12.3 Å². The summed E-state index contributed by atoms with van der Waals surface area (Å²) in [5, 5.41) is 8.54. The fraction of sp³-hybridized carbons (Fsp3) is 0.643. The molecule has 114 valence electrons. The molecule has 2 atom stereocenters. The Morgan fingerprint density at radius 1 is 1.52 bits per heavy atom. The van der Waals surface area contributed by atoms with E-state index in [-0.39, 0.29) is 6.10 Å². The fourth-order valence-electron chi connectivity index (χ4n) is 2.59. The van der Waals surface area contributed by atoms with Gasteiger partial charge in [0.15, 0.2) is 0 Å². The van der Waals surface area contributed by atoms with Gasteiger partial charge >= 0.3 is 0 Å². The van der Waals surface area contributed by atoms with Crippen LogP contribution in [0.4, 0.5) is 5.13 Å². The summed E-state index contributed by atoms with van der Waals surface area (Å²) in [6.45, 7) is 5.86. The first-order chi connectivity index (χ1) is 10.1. The normalized spacial score (nSPS) is 22.1. The zero-order valence-corrected chi connectivity index (χ0v) is 13.4. The van der Waals surface area contributed by atoms with Gasteiger partial charge in [-0.3, -0.25) is 4.68 Å². The van der Waals surface area contributed by atoms with Gasteiger partial charge in [-0.05, 0) is 12.5 Å². The van der Waals surface area contributed by atoms with Gasteiger partial charge in [-0.2, -0.15) is 9.47 Å². The molecule has 0 amide bonds. The topological polar surface area (TPSA) is 64.9 Å². The SMILES string of the molecule is CC(C)c1nsc(NC[C@@H]2CCO[C@H]2c2ccnn2C)n1. The largest absolute Gasteiger partial charge is 0.372 e. The Kier molecular flexibility index (Phi) is 4.21. The lowest BCUT2D eigenvalue weighted by Crippen LogP contribution is -2.19. The number of aromatic nitrogens is 4. The molecule has 1 N–H and O–H groups in total. The molecule has 3 rings (SSSR count). The molecule has 3 heterocycles. The number of rotatable bonds is 5. The third-order valence-corrected chi connectivity index (χ3v) is 4.53. The quantitative estimate of drug-likeness (QED) is 0.920. The molecule has 1 fully saturated rings. The number of nitrogens with zero attached hydrogens (tertiary/aromatic N) is 4. The van der Waals surface area contributed by atoms with Gasteiger partial charge < -0.3 is 10.1 Å². The number of hydrogen-bond acceptors (Lipinski definition) is 6. The maximum atomic E-state index is 5.89. The molecule has 0 bridgehead atoms. The van der Waals surface area contributed by atoms with Crippen molar-refractivity contribution < 1.29 is 4.74 Å². The van der Waals surface area contributed by atoms with Gasteiger partial charge in [0.05, 0.1) is 5.69 Å². The van der Waals surface area contributed by atoms with Gasteiger partial charge in [-0.15, -0.1) is 0 Å². The van der Waals surface area contributed by atoms with Gasteiger partial charge in [-0.1, -0.05) is 13.8 Å². The highest BCUT2D eigenvalue weighted by atomic mass is 32.1. The summed E-state index contributed by atoms with van der Waals surface area (Å²) in [5.74, 6) is 1.72. The Hall–Kier alpha value is -1.47. The molecule has 2 aromatic heterocycles. The Morgan fingerprint density at radius 2 is 2.38 bits per heavy atom. The third-order valence-electron chi connectivity index (χ3n) is 3.84. The third kappa shape index (κ3) is 3.08. The van der Waals surface area contributed by atoms with Crippen molar-refractivity contribution in [2.75, 3.05) is 18.5 Å². The zero-order valence-electron chi connectivity index (χ0n) is 12.6. The Bertz CT molecular complexity index is 594. The number of anilines is 1. The molecule has 0 radical (unpaired) electrons. The smallest absolute Gasteiger partial charge is 0.202 e. The van der Waals surface area contributed by atoms with Crippen LogP contribution < -0.4 is 5.32 Å². The van der Waals surface area contributed by atoms with Crippen molar-refractivity contribution in [3.8, 4) is 0 Å². The van der Waals surface area contributed by atoms with Crippen LogP contribution in [0.2, 0.25) is 0 Å². The molecule has 6 nitrogen and oxygen atoms in total. The van der Waals surface area contributed by atoms with Crippen LogP contribution in [0, 0.1) is 5.92 Å². The van der Waals surface area contributed by atoms with E-state index in [4.69, 9.17) is 4.74 Å². The number of aryl methyl sites for hydroxylation is 1. The van der Waals surface area contributed by atoms with Crippen molar-refractivity contribution in [2.45, 2.75) is 32.3 Å². The summed E-state index contributed by atoms with van der Waals surface area (Å²) in [4.78, 5) is 4.51. The Labute approximate surface area is 128 Å². The van der Waals surface area contributed by atoms with Crippen molar-refractivity contribution in [3.05, 3.63) is 23.8 Å². The minimum absolute atomic E-state index is 0.113. The van der Waals surface area contributed by atoms with E-state index in [2.05, 4.69) is 33.6 Å². The van der Waals surface area contributed by atoms with E-state index in [9.17, 15) is 0 Å². The highest BCUT2D eigenvalue weighted by Gasteiger charge is 2.31. The lowest BCUT2D eigenvalue weighted by atomic mass is 9.99. The minimum atomic E-state index is 0.113. The standard InChI is InChI=1S/C14H21N5OS/c1-9(2)13-17-14(21-18-13)15-8-10-5-7-20-12(10)11-4-6-16-19(11)3/h4,6,9-10,12H,5,7-8H2,1-3H3,(H,15,17,18)/t10-,12+/m0/s1. The van der Waals surface area contributed by atoms with E-state index < -0.39 is 0 Å². The Morgan fingerprint density at radius 3 is 3.05 bits per heavy atom. The number of nitrogens with one attached hydrogen (secondary N) is 1. The highest BCUT2D eigenvalue weighted by molar-refractivity contribution is 7.09. The summed E-state index contributed by atoms with van der Waals surface area (Å²) in [6.07, 6.45) is 2.99. The van der Waals surface area contributed by atoms with Crippen molar-refractivity contribution in [1.82, 2.24) is 19.1 Å². The number of hydrogen-bond donors (Lipinski definition) is 1. The predicted molar refractivity (Wildman–Crippen MR) is 82.5 cm³/mol. The van der Waals surface area contributed by atoms with E-state index in [1.54, 1.807) is 0 Å². The van der Waals surface area contributed by atoms with Crippen molar-refractivity contribution >= 4 is 16.7 Å². The van der Waals surface area contributed by atoms with Gasteiger partial charge in [0.2, 0.25) is 5.13 Å². The average Bonchev–Trinajstić information content (AvgIpc) is 3.15. The molecular formula is C14H21N5OS. The zero-order chi connectivity index (χ0) is 14.8. The molecule has 7 heteroatoms. The van der Waals surface area contributed by atoms with Crippen molar-refractivity contribution in [1.29, 1.82) is 0 Å². The van der Waals surface area contributed by atoms with Crippen molar-refractivity contribution in [2.24, 2.45) is 13.0 Å². The van der Waals surface area contributed by atoms with E-state index in [0.717, 1.165) is 36.2 Å². The maximum absolute atomic E-state index is 5.89. The minimum Gasteiger partial charge on any atom is -0.372 e. The molecule has 1 aliphatic rings.